The van der Waals surface area contributed by atoms with Crippen molar-refractivity contribution in [3.63, 3.8) is 0 Å². The third kappa shape index (κ3) is 3.13. The molecule has 0 radical (unpaired) electrons. The quantitative estimate of drug-likeness (QED) is 0.791. The number of carbonyl (C=O) groups is 2. The largest absolute Gasteiger partial charge is 0.378 e. The van der Waals surface area contributed by atoms with E-state index in [1.165, 1.54) is 0 Å². The summed E-state index contributed by atoms with van der Waals surface area (Å²) in [6.45, 7) is 8.12. The van der Waals surface area contributed by atoms with Gasteiger partial charge in [-0.05, 0) is 43.4 Å². The summed E-state index contributed by atoms with van der Waals surface area (Å²) in [7, 11) is 4.03. The van der Waals surface area contributed by atoms with E-state index in [2.05, 4.69) is 34.5 Å². The average molecular weight is 393 g/mol. The minimum Gasteiger partial charge on any atom is -0.378 e. The van der Waals surface area contributed by atoms with Gasteiger partial charge in [0.15, 0.2) is 11.6 Å². The van der Waals surface area contributed by atoms with Crippen molar-refractivity contribution < 1.29 is 9.59 Å². The summed E-state index contributed by atoms with van der Waals surface area (Å²) < 4.78 is 0. The highest BCUT2D eigenvalue weighted by molar-refractivity contribution is 6.09. The van der Waals surface area contributed by atoms with E-state index in [4.69, 9.17) is 0 Å². The van der Waals surface area contributed by atoms with E-state index in [9.17, 15) is 9.59 Å². The van der Waals surface area contributed by atoms with Crippen LogP contribution in [0.4, 0.5) is 5.69 Å². The lowest BCUT2D eigenvalue weighted by atomic mass is 9.62. The van der Waals surface area contributed by atoms with E-state index < -0.39 is 10.8 Å². The lowest BCUT2D eigenvalue weighted by molar-refractivity contribution is -0.125. The molecule has 2 aliphatic carbocycles. The zero-order chi connectivity index (χ0) is 21.1. The SMILES string of the molecule is CN(C)c1ccc(C2C3=C(CCC(C)(C)C3=O)NC3=C2C(=O)C(C)(C)CC3)cc1. The fraction of sp³-hybridized carbons (Fsp3) is 0.520. The molecule has 1 aromatic rings. The van der Waals surface area contributed by atoms with E-state index in [1.807, 2.05) is 41.8 Å². The van der Waals surface area contributed by atoms with Crippen molar-refractivity contribution >= 4 is 17.3 Å². The molecular formula is C25H32N2O2. The van der Waals surface area contributed by atoms with Crippen LogP contribution in [0.15, 0.2) is 46.8 Å². The summed E-state index contributed by atoms with van der Waals surface area (Å²) in [4.78, 5) is 29.1. The zero-order valence-corrected chi connectivity index (χ0v) is 18.5. The number of Topliss-reactive ketones (excluding diaryl/α,β-unsaturated/α-hetero) is 2. The van der Waals surface area contributed by atoms with Crippen LogP contribution in [0.5, 0.6) is 0 Å². The van der Waals surface area contributed by atoms with Crippen molar-refractivity contribution in [2.24, 2.45) is 10.8 Å². The molecule has 0 saturated heterocycles. The summed E-state index contributed by atoms with van der Waals surface area (Å²) in [5.74, 6) is 0.0861. The summed E-state index contributed by atoms with van der Waals surface area (Å²) in [6, 6.07) is 8.33. The number of nitrogens with one attached hydrogen (secondary N) is 1. The molecule has 1 aliphatic heterocycles. The Morgan fingerprint density at radius 2 is 1.28 bits per heavy atom. The Morgan fingerprint density at radius 3 is 1.69 bits per heavy atom. The maximum atomic E-state index is 13.5. The summed E-state index contributed by atoms with van der Waals surface area (Å²) in [6.07, 6.45) is 3.39. The molecule has 1 aromatic carbocycles. The van der Waals surface area contributed by atoms with E-state index in [-0.39, 0.29) is 17.5 Å². The maximum Gasteiger partial charge on any atom is 0.167 e. The van der Waals surface area contributed by atoms with E-state index in [0.29, 0.717) is 0 Å². The Kier molecular flexibility index (Phi) is 4.52. The van der Waals surface area contributed by atoms with Gasteiger partial charge in [-0.15, -0.1) is 0 Å². The third-order valence-electron chi connectivity index (χ3n) is 6.99. The van der Waals surface area contributed by atoms with Crippen molar-refractivity contribution in [1.29, 1.82) is 0 Å². The van der Waals surface area contributed by atoms with Crippen LogP contribution in [0.1, 0.15) is 64.9 Å². The number of hydrogen-bond donors (Lipinski definition) is 1. The Labute approximate surface area is 174 Å². The molecule has 0 atom stereocenters. The number of anilines is 1. The van der Waals surface area contributed by atoms with Crippen LogP contribution in [0.2, 0.25) is 0 Å². The maximum absolute atomic E-state index is 13.5. The molecule has 4 nitrogen and oxygen atoms in total. The first kappa shape index (κ1) is 19.9. The molecule has 1 N–H and O–H groups in total. The highest BCUT2D eigenvalue weighted by atomic mass is 16.1. The second-order valence-electron chi connectivity index (χ2n) is 10.3. The van der Waals surface area contributed by atoms with Crippen LogP contribution in [-0.4, -0.2) is 25.7 Å². The Hall–Kier alpha value is -2.36. The van der Waals surface area contributed by atoms with Gasteiger partial charge in [-0.3, -0.25) is 9.59 Å². The highest BCUT2D eigenvalue weighted by Gasteiger charge is 2.48. The Morgan fingerprint density at radius 1 is 0.828 bits per heavy atom. The molecule has 3 aliphatic rings. The van der Waals surface area contributed by atoms with Crippen LogP contribution in [0.25, 0.3) is 0 Å². The highest BCUT2D eigenvalue weighted by Crippen LogP contribution is 2.51. The average Bonchev–Trinajstić information content (AvgIpc) is 2.67. The van der Waals surface area contributed by atoms with Gasteiger partial charge in [0.05, 0.1) is 0 Å². The molecule has 154 valence electrons. The molecular weight excluding hydrogens is 360 g/mol. The second kappa shape index (κ2) is 6.58. The summed E-state index contributed by atoms with van der Waals surface area (Å²) in [5, 5.41) is 3.53. The molecule has 0 fully saturated rings. The van der Waals surface area contributed by atoms with Crippen LogP contribution < -0.4 is 10.2 Å². The number of rotatable bonds is 2. The van der Waals surface area contributed by atoms with Crippen molar-refractivity contribution in [2.75, 3.05) is 19.0 Å². The number of allylic oxidation sites excluding steroid dienone is 4. The monoisotopic (exact) mass is 392 g/mol. The predicted molar refractivity (Wildman–Crippen MR) is 117 cm³/mol. The van der Waals surface area contributed by atoms with Crippen molar-refractivity contribution in [3.05, 3.63) is 52.4 Å². The number of nitrogens with zero attached hydrogens (tertiary/aromatic N) is 1. The molecule has 0 spiro atoms. The Balaban J connectivity index is 1.90. The molecule has 0 amide bonds. The van der Waals surface area contributed by atoms with Gasteiger partial charge < -0.3 is 10.2 Å². The number of dihydropyridines is 1. The number of carbonyl (C=O) groups excluding carboxylic acids is 2. The van der Waals surface area contributed by atoms with E-state index in [1.54, 1.807) is 0 Å². The number of hydrogen-bond acceptors (Lipinski definition) is 4. The lowest BCUT2D eigenvalue weighted by Gasteiger charge is -2.44. The minimum absolute atomic E-state index is 0.177. The first-order valence-corrected chi connectivity index (χ1v) is 10.6. The van der Waals surface area contributed by atoms with Crippen LogP contribution in [0, 0.1) is 10.8 Å². The van der Waals surface area contributed by atoms with E-state index in [0.717, 1.165) is 59.5 Å². The van der Waals surface area contributed by atoms with Gasteiger partial charge >= 0.3 is 0 Å². The fourth-order valence-electron chi connectivity index (χ4n) is 4.87. The third-order valence-corrected chi connectivity index (χ3v) is 6.99. The smallest absolute Gasteiger partial charge is 0.167 e. The molecule has 1 heterocycles. The molecule has 0 bridgehead atoms. The van der Waals surface area contributed by atoms with Crippen molar-refractivity contribution in [2.45, 2.75) is 59.3 Å². The minimum atomic E-state index is -0.395. The van der Waals surface area contributed by atoms with Crippen LogP contribution in [-0.2, 0) is 9.59 Å². The van der Waals surface area contributed by atoms with E-state index >= 15 is 0 Å². The Bertz CT molecular complexity index is 894. The van der Waals surface area contributed by atoms with Gasteiger partial charge in [0.25, 0.3) is 0 Å². The second-order valence-corrected chi connectivity index (χ2v) is 10.3. The predicted octanol–water partition coefficient (Wildman–Crippen LogP) is 4.73. The molecule has 0 saturated carbocycles. The molecule has 0 unspecified atom stereocenters. The van der Waals surface area contributed by atoms with Gasteiger partial charge in [0.1, 0.15) is 0 Å². The lowest BCUT2D eigenvalue weighted by Crippen LogP contribution is -2.44. The first-order chi connectivity index (χ1) is 13.5. The van der Waals surface area contributed by atoms with Crippen molar-refractivity contribution in [1.82, 2.24) is 5.32 Å². The summed E-state index contributed by atoms with van der Waals surface area (Å²) in [5.41, 5.74) is 5.03. The van der Waals surface area contributed by atoms with Gasteiger partial charge in [0, 0.05) is 59.1 Å². The number of benzene rings is 1. The topological polar surface area (TPSA) is 49.4 Å². The zero-order valence-electron chi connectivity index (χ0n) is 18.5. The standard InChI is InChI=1S/C25H32N2O2/c1-24(2)13-11-17-20(22(24)28)19(15-7-9-16(10-8-15)27(5)6)21-18(26-17)12-14-25(3,4)23(21)29/h7-10,19,26H,11-14H2,1-6H3. The van der Waals surface area contributed by atoms with Crippen LogP contribution >= 0.6 is 0 Å². The van der Waals surface area contributed by atoms with Gasteiger partial charge in [-0.25, -0.2) is 0 Å². The number of ketones is 2. The van der Waals surface area contributed by atoms with Crippen LogP contribution in [0.3, 0.4) is 0 Å². The summed E-state index contributed by atoms with van der Waals surface area (Å²) >= 11 is 0. The van der Waals surface area contributed by atoms with Gasteiger partial charge in [-0.1, -0.05) is 39.8 Å². The normalized spacial score (nSPS) is 23.5. The van der Waals surface area contributed by atoms with Gasteiger partial charge in [-0.2, -0.15) is 0 Å². The fourth-order valence-corrected chi connectivity index (χ4v) is 4.87. The molecule has 29 heavy (non-hydrogen) atoms. The first-order valence-electron chi connectivity index (χ1n) is 10.6. The van der Waals surface area contributed by atoms with Gasteiger partial charge in [0.2, 0.25) is 0 Å². The van der Waals surface area contributed by atoms with Crippen molar-refractivity contribution in [3.8, 4) is 0 Å². The molecule has 0 aromatic heterocycles. The molecule has 4 rings (SSSR count). The molecule has 4 heteroatoms.